The monoisotopic (exact) mass is 228 g/mol. The Balaban J connectivity index is 2.34. The van der Waals surface area contributed by atoms with Gasteiger partial charge in [-0.05, 0) is 19.3 Å². The lowest BCUT2D eigenvalue weighted by Gasteiger charge is -2.22. The summed E-state index contributed by atoms with van der Waals surface area (Å²) < 4.78 is 0. The maximum atomic E-state index is 11.8. The molecule has 1 saturated carbocycles. The predicted octanol–water partition coefficient (Wildman–Crippen LogP) is 1.29. The summed E-state index contributed by atoms with van der Waals surface area (Å²) in [4.78, 5) is 24.2. The van der Waals surface area contributed by atoms with Crippen LogP contribution in [0.4, 0.5) is 4.79 Å². The van der Waals surface area contributed by atoms with Crippen LogP contribution >= 0.6 is 0 Å². The van der Waals surface area contributed by atoms with Crippen LogP contribution < -0.4 is 5.32 Å². The zero-order chi connectivity index (χ0) is 12.1. The van der Waals surface area contributed by atoms with E-state index < -0.39 is 11.9 Å². The highest BCUT2D eigenvalue weighted by Crippen LogP contribution is 2.26. The van der Waals surface area contributed by atoms with Crippen LogP contribution in [0, 0.1) is 5.92 Å². The van der Waals surface area contributed by atoms with Crippen molar-refractivity contribution in [1.29, 1.82) is 0 Å². The first-order valence-corrected chi connectivity index (χ1v) is 5.83. The van der Waals surface area contributed by atoms with Crippen molar-refractivity contribution in [1.82, 2.24) is 10.2 Å². The van der Waals surface area contributed by atoms with Gasteiger partial charge in [-0.25, -0.2) is 4.79 Å². The summed E-state index contributed by atoms with van der Waals surface area (Å²) in [5.41, 5.74) is 0. The highest BCUT2D eigenvalue weighted by Gasteiger charge is 2.31. The fourth-order valence-electron chi connectivity index (χ4n) is 1.51. The van der Waals surface area contributed by atoms with Crippen LogP contribution in [0.5, 0.6) is 0 Å². The smallest absolute Gasteiger partial charge is 0.317 e. The molecule has 1 aliphatic rings. The normalized spacial score (nSPS) is 16.6. The molecule has 0 aromatic rings. The van der Waals surface area contributed by atoms with E-state index in [0.717, 1.165) is 25.8 Å². The molecule has 5 heteroatoms. The number of hydrogen-bond acceptors (Lipinski definition) is 2. The average molecular weight is 228 g/mol. The maximum absolute atomic E-state index is 11.8. The Morgan fingerprint density at radius 3 is 2.56 bits per heavy atom. The van der Waals surface area contributed by atoms with E-state index in [-0.39, 0.29) is 12.6 Å². The van der Waals surface area contributed by atoms with Crippen LogP contribution in [0.25, 0.3) is 0 Å². The Bertz CT molecular complexity index is 264. The Morgan fingerprint density at radius 1 is 1.50 bits per heavy atom. The third-order valence-corrected chi connectivity index (χ3v) is 2.69. The minimum atomic E-state index is -0.881. The van der Waals surface area contributed by atoms with Crippen molar-refractivity contribution in [2.24, 2.45) is 5.92 Å². The molecule has 0 saturated heterocycles. The molecule has 1 rings (SSSR count). The minimum Gasteiger partial charge on any atom is -0.481 e. The number of rotatable bonds is 6. The Hall–Kier alpha value is -1.26. The summed E-state index contributed by atoms with van der Waals surface area (Å²) >= 11 is 0. The second kappa shape index (κ2) is 5.72. The first kappa shape index (κ1) is 12.8. The van der Waals surface area contributed by atoms with E-state index in [1.54, 1.807) is 6.92 Å². The molecule has 1 atom stereocenters. The quantitative estimate of drug-likeness (QED) is 0.719. The zero-order valence-electron chi connectivity index (χ0n) is 9.90. The van der Waals surface area contributed by atoms with E-state index in [1.807, 2.05) is 11.8 Å². The molecule has 0 bridgehead atoms. The first-order chi connectivity index (χ1) is 7.56. The van der Waals surface area contributed by atoms with Crippen molar-refractivity contribution in [3.8, 4) is 0 Å². The summed E-state index contributed by atoms with van der Waals surface area (Å²) in [6.45, 7) is 4.56. The number of urea groups is 1. The number of nitrogens with one attached hydrogen (secondary N) is 1. The van der Waals surface area contributed by atoms with Gasteiger partial charge in [-0.15, -0.1) is 0 Å². The summed E-state index contributed by atoms with van der Waals surface area (Å²) in [5, 5.41) is 11.4. The third kappa shape index (κ3) is 3.72. The van der Waals surface area contributed by atoms with E-state index in [9.17, 15) is 9.59 Å². The number of hydrogen-bond donors (Lipinski definition) is 2. The molecule has 1 aliphatic carbocycles. The molecular weight excluding hydrogens is 208 g/mol. The van der Waals surface area contributed by atoms with E-state index >= 15 is 0 Å². The van der Waals surface area contributed by atoms with Gasteiger partial charge in [0.15, 0.2) is 0 Å². The van der Waals surface area contributed by atoms with Crippen molar-refractivity contribution >= 4 is 12.0 Å². The number of aliphatic carboxylic acids is 1. The fourth-order valence-corrected chi connectivity index (χ4v) is 1.51. The molecule has 2 amide bonds. The maximum Gasteiger partial charge on any atom is 0.317 e. The number of carbonyl (C=O) groups excluding carboxylic acids is 1. The molecule has 0 aromatic carbocycles. The third-order valence-electron chi connectivity index (χ3n) is 2.69. The number of amides is 2. The molecule has 16 heavy (non-hydrogen) atoms. The van der Waals surface area contributed by atoms with Gasteiger partial charge in [0.25, 0.3) is 0 Å². The van der Waals surface area contributed by atoms with E-state index in [4.69, 9.17) is 5.11 Å². The van der Waals surface area contributed by atoms with E-state index in [2.05, 4.69) is 5.32 Å². The molecule has 0 aliphatic heterocycles. The van der Waals surface area contributed by atoms with Crippen LogP contribution in [0.3, 0.4) is 0 Å². The largest absolute Gasteiger partial charge is 0.481 e. The van der Waals surface area contributed by atoms with Gasteiger partial charge in [0, 0.05) is 19.1 Å². The topological polar surface area (TPSA) is 69.6 Å². The summed E-state index contributed by atoms with van der Waals surface area (Å²) in [7, 11) is 0. The molecule has 2 N–H and O–H groups in total. The lowest BCUT2D eigenvalue weighted by Crippen LogP contribution is -2.44. The standard InChI is InChI=1S/C11H20N2O3/c1-3-6-13(9-4-5-9)11(16)12-7-8(2)10(14)15/h8-9H,3-7H2,1-2H3,(H,12,16)(H,14,15). The van der Waals surface area contributed by atoms with Gasteiger partial charge >= 0.3 is 12.0 Å². The second-order valence-electron chi connectivity index (χ2n) is 4.35. The van der Waals surface area contributed by atoms with Crippen LogP contribution in [0.2, 0.25) is 0 Å². The molecule has 0 aromatic heterocycles. The number of carboxylic acids is 1. The molecular formula is C11H20N2O3. The SMILES string of the molecule is CCCN(C(=O)NCC(C)C(=O)O)C1CC1. The van der Waals surface area contributed by atoms with Crippen LogP contribution in [0.1, 0.15) is 33.1 Å². The molecule has 1 fully saturated rings. The van der Waals surface area contributed by atoms with Crippen molar-refractivity contribution in [2.45, 2.75) is 39.2 Å². The van der Waals surface area contributed by atoms with E-state index in [1.165, 1.54) is 0 Å². The number of carboxylic acid groups (broad SMARTS) is 1. The van der Waals surface area contributed by atoms with Gasteiger partial charge in [0.2, 0.25) is 0 Å². The molecule has 0 radical (unpaired) electrons. The van der Waals surface area contributed by atoms with Crippen molar-refractivity contribution < 1.29 is 14.7 Å². The Kier molecular flexibility index (Phi) is 4.58. The lowest BCUT2D eigenvalue weighted by atomic mass is 10.2. The van der Waals surface area contributed by atoms with Crippen LogP contribution in [0.15, 0.2) is 0 Å². The predicted molar refractivity (Wildman–Crippen MR) is 60.2 cm³/mol. The summed E-state index contributed by atoms with van der Waals surface area (Å²) in [6.07, 6.45) is 3.07. The van der Waals surface area contributed by atoms with Crippen LogP contribution in [-0.4, -0.2) is 41.1 Å². The van der Waals surface area contributed by atoms with Gasteiger partial charge in [0.05, 0.1) is 5.92 Å². The Morgan fingerprint density at radius 2 is 2.12 bits per heavy atom. The molecule has 0 spiro atoms. The number of nitrogens with zero attached hydrogens (tertiary/aromatic N) is 1. The zero-order valence-corrected chi connectivity index (χ0v) is 9.90. The Labute approximate surface area is 95.8 Å². The summed E-state index contributed by atoms with van der Waals surface area (Å²) in [5.74, 6) is -1.42. The number of carbonyl (C=O) groups is 2. The summed E-state index contributed by atoms with van der Waals surface area (Å²) in [6, 6.07) is 0.248. The van der Waals surface area contributed by atoms with Gasteiger partial charge < -0.3 is 15.3 Å². The molecule has 1 unspecified atom stereocenters. The average Bonchev–Trinajstić information content (AvgIpc) is 3.05. The van der Waals surface area contributed by atoms with Crippen LogP contribution in [-0.2, 0) is 4.79 Å². The van der Waals surface area contributed by atoms with Crippen molar-refractivity contribution in [3.05, 3.63) is 0 Å². The fraction of sp³-hybridized carbons (Fsp3) is 0.818. The van der Waals surface area contributed by atoms with Gasteiger partial charge in [-0.2, -0.15) is 0 Å². The molecule has 92 valence electrons. The highest BCUT2D eigenvalue weighted by atomic mass is 16.4. The first-order valence-electron chi connectivity index (χ1n) is 5.83. The molecule has 0 heterocycles. The lowest BCUT2D eigenvalue weighted by molar-refractivity contribution is -0.140. The minimum absolute atomic E-state index is 0.127. The van der Waals surface area contributed by atoms with Gasteiger partial charge in [-0.3, -0.25) is 4.79 Å². The van der Waals surface area contributed by atoms with Gasteiger partial charge in [0.1, 0.15) is 0 Å². The second-order valence-corrected chi connectivity index (χ2v) is 4.35. The van der Waals surface area contributed by atoms with Crippen molar-refractivity contribution in [3.63, 3.8) is 0 Å². The highest BCUT2D eigenvalue weighted by molar-refractivity contribution is 5.76. The van der Waals surface area contributed by atoms with Gasteiger partial charge in [-0.1, -0.05) is 13.8 Å². The van der Waals surface area contributed by atoms with Crippen molar-refractivity contribution in [2.75, 3.05) is 13.1 Å². The molecule has 5 nitrogen and oxygen atoms in total. The van der Waals surface area contributed by atoms with E-state index in [0.29, 0.717) is 6.04 Å².